The predicted octanol–water partition coefficient (Wildman–Crippen LogP) is 4.83. The van der Waals surface area contributed by atoms with E-state index in [1.165, 1.54) is 38.5 Å². The van der Waals surface area contributed by atoms with Crippen molar-refractivity contribution >= 4 is 11.0 Å². The molecule has 0 spiro atoms. The van der Waals surface area contributed by atoms with Crippen LogP contribution in [0, 0.1) is 0 Å². The van der Waals surface area contributed by atoms with Gasteiger partial charge in [-0.3, -0.25) is 0 Å². The molecule has 20 heavy (non-hydrogen) atoms. The van der Waals surface area contributed by atoms with Gasteiger partial charge in [0.05, 0.1) is 11.0 Å². The van der Waals surface area contributed by atoms with Gasteiger partial charge in [-0.1, -0.05) is 57.6 Å². The molecule has 0 aliphatic carbocycles. The number of benzene rings is 1. The van der Waals surface area contributed by atoms with Gasteiger partial charge in [0.2, 0.25) is 0 Å². The summed E-state index contributed by atoms with van der Waals surface area (Å²) in [6, 6.07) is 8.09. The Morgan fingerprint density at radius 3 is 2.55 bits per heavy atom. The zero-order chi connectivity index (χ0) is 14.0. The van der Waals surface area contributed by atoms with E-state index in [1.807, 2.05) is 24.3 Å². The lowest BCUT2D eigenvalue weighted by atomic mass is 10.1. The van der Waals surface area contributed by atoms with Crippen molar-refractivity contribution in [2.75, 3.05) is 6.61 Å². The highest BCUT2D eigenvalue weighted by Gasteiger charge is 2.01. The van der Waals surface area contributed by atoms with Crippen LogP contribution >= 0.6 is 0 Å². The number of nitrogens with zero attached hydrogens (tertiary/aromatic N) is 1. The molecule has 0 saturated carbocycles. The van der Waals surface area contributed by atoms with Crippen molar-refractivity contribution < 1.29 is 4.74 Å². The summed E-state index contributed by atoms with van der Waals surface area (Å²) < 4.78 is 5.68. The maximum Gasteiger partial charge on any atom is 0.133 e. The van der Waals surface area contributed by atoms with Gasteiger partial charge in [0.25, 0.3) is 0 Å². The number of H-pyrrole nitrogens is 1. The molecule has 2 rings (SSSR count). The van der Waals surface area contributed by atoms with Crippen LogP contribution in [0.25, 0.3) is 11.0 Å². The Kier molecular flexibility index (Phi) is 6.58. The van der Waals surface area contributed by atoms with E-state index < -0.39 is 0 Å². The molecule has 1 aromatic carbocycles. The van der Waals surface area contributed by atoms with Crippen LogP contribution in [0.2, 0.25) is 0 Å². The van der Waals surface area contributed by atoms with E-state index in [-0.39, 0.29) is 0 Å². The van der Waals surface area contributed by atoms with Crippen LogP contribution in [0.15, 0.2) is 24.3 Å². The van der Waals surface area contributed by atoms with E-state index in [4.69, 9.17) is 4.74 Å². The first kappa shape index (κ1) is 15.0. The van der Waals surface area contributed by atoms with Crippen molar-refractivity contribution in [1.29, 1.82) is 0 Å². The summed E-state index contributed by atoms with van der Waals surface area (Å²) in [6.45, 7) is 3.68. The van der Waals surface area contributed by atoms with E-state index >= 15 is 0 Å². The summed E-state index contributed by atoms with van der Waals surface area (Å²) >= 11 is 0. The molecule has 0 aliphatic heterocycles. The number of rotatable bonds is 10. The van der Waals surface area contributed by atoms with E-state index in [9.17, 15) is 0 Å². The van der Waals surface area contributed by atoms with Crippen LogP contribution < -0.4 is 0 Å². The Bertz CT molecular complexity index is 459. The lowest BCUT2D eigenvalue weighted by Gasteiger charge is -2.02. The number of ether oxygens (including phenoxy) is 1. The lowest BCUT2D eigenvalue weighted by molar-refractivity contribution is 0.112. The monoisotopic (exact) mass is 274 g/mol. The van der Waals surface area contributed by atoms with Crippen LogP contribution in [0.3, 0.4) is 0 Å². The van der Waals surface area contributed by atoms with Crippen molar-refractivity contribution in [3.8, 4) is 0 Å². The molecule has 0 aliphatic rings. The van der Waals surface area contributed by atoms with E-state index in [1.54, 1.807) is 0 Å². The molecule has 0 saturated heterocycles. The quantitative estimate of drug-likeness (QED) is 0.630. The summed E-state index contributed by atoms with van der Waals surface area (Å²) in [5.41, 5.74) is 2.10. The zero-order valence-electron chi connectivity index (χ0n) is 12.5. The first-order chi connectivity index (χ1) is 9.90. The molecule has 3 nitrogen and oxygen atoms in total. The molecule has 0 radical (unpaired) electrons. The Hall–Kier alpha value is -1.35. The van der Waals surface area contributed by atoms with Crippen molar-refractivity contribution in [2.45, 2.75) is 58.5 Å². The molecular formula is C17H26N2O. The summed E-state index contributed by atoms with van der Waals surface area (Å²) in [5, 5.41) is 0. The average molecular weight is 274 g/mol. The predicted molar refractivity (Wildman–Crippen MR) is 83.7 cm³/mol. The van der Waals surface area contributed by atoms with Crippen LogP contribution in [0.1, 0.15) is 57.7 Å². The van der Waals surface area contributed by atoms with Crippen molar-refractivity contribution in [2.24, 2.45) is 0 Å². The number of unbranched alkanes of at least 4 members (excludes halogenated alkanes) is 6. The van der Waals surface area contributed by atoms with Gasteiger partial charge in [-0.25, -0.2) is 4.98 Å². The molecule has 1 N–H and O–H groups in total. The third-order valence-corrected chi connectivity index (χ3v) is 3.57. The number of para-hydroxylation sites is 2. The molecule has 0 fully saturated rings. The maximum absolute atomic E-state index is 5.68. The Labute approximate surface area is 121 Å². The number of aromatic amines is 1. The van der Waals surface area contributed by atoms with Gasteiger partial charge in [0.1, 0.15) is 12.4 Å². The van der Waals surface area contributed by atoms with Gasteiger partial charge in [0.15, 0.2) is 0 Å². The molecule has 1 aromatic heterocycles. The number of hydrogen-bond donors (Lipinski definition) is 1. The van der Waals surface area contributed by atoms with E-state index in [0.29, 0.717) is 6.61 Å². The first-order valence-corrected chi connectivity index (χ1v) is 7.91. The van der Waals surface area contributed by atoms with Crippen molar-refractivity contribution in [3.05, 3.63) is 30.1 Å². The number of fused-ring (bicyclic) bond motifs is 1. The molecule has 1 heterocycles. The largest absolute Gasteiger partial charge is 0.374 e. The highest BCUT2D eigenvalue weighted by molar-refractivity contribution is 5.74. The number of aromatic nitrogens is 2. The minimum Gasteiger partial charge on any atom is -0.374 e. The molecule has 110 valence electrons. The van der Waals surface area contributed by atoms with Crippen molar-refractivity contribution in [3.63, 3.8) is 0 Å². The average Bonchev–Trinajstić information content (AvgIpc) is 2.88. The molecular weight excluding hydrogens is 248 g/mol. The Balaban J connectivity index is 1.55. The van der Waals surface area contributed by atoms with Crippen LogP contribution in [0.4, 0.5) is 0 Å². The van der Waals surface area contributed by atoms with E-state index in [2.05, 4.69) is 16.9 Å². The molecule has 0 unspecified atom stereocenters. The normalized spacial score (nSPS) is 11.2. The second-order valence-electron chi connectivity index (χ2n) is 5.37. The van der Waals surface area contributed by atoms with Crippen molar-refractivity contribution in [1.82, 2.24) is 9.97 Å². The second kappa shape index (κ2) is 8.75. The second-order valence-corrected chi connectivity index (χ2v) is 5.37. The van der Waals surface area contributed by atoms with Gasteiger partial charge in [-0.05, 0) is 18.6 Å². The zero-order valence-corrected chi connectivity index (χ0v) is 12.5. The highest BCUT2D eigenvalue weighted by Crippen LogP contribution is 2.11. The van der Waals surface area contributed by atoms with Gasteiger partial charge in [0, 0.05) is 6.61 Å². The standard InChI is InChI=1S/C17H26N2O/c1-2-3-4-5-6-7-10-13-20-14-17-18-15-11-8-9-12-16(15)19-17/h8-9,11-12H,2-7,10,13-14H2,1H3,(H,18,19). The molecule has 3 heteroatoms. The van der Waals surface area contributed by atoms with Crippen LogP contribution in [0.5, 0.6) is 0 Å². The van der Waals surface area contributed by atoms with E-state index in [0.717, 1.165) is 29.9 Å². The van der Waals surface area contributed by atoms with Gasteiger partial charge >= 0.3 is 0 Å². The summed E-state index contributed by atoms with van der Waals surface area (Å²) in [6.07, 6.45) is 9.24. The van der Waals surface area contributed by atoms with Crippen LogP contribution in [-0.4, -0.2) is 16.6 Å². The topological polar surface area (TPSA) is 37.9 Å². The summed E-state index contributed by atoms with van der Waals surface area (Å²) in [5.74, 6) is 0.925. The smallest absolute Gasteiger partial charge is 0.133 e. The molecule has 0 amide bonds. The van der Waals surface area contributed by atoms with Crippen LogP contribution in [-0.2, 0) is 11.3 Å². The summed E-state index contributed by atoms with van der Waals surface area (Å²) in [7, 11) is 0. The fraction of sp³-hybridized carbons (Fsp3) is 0.588. The molecule has 0 bridgehead atoms. The Morgan fingerprint density at radius 2 is 1.75 bits per heavy atom. The minimum atomic E-state index is 0.588. The number of hydrogen-bond acceptors (Lipinski definition) is 2. The highest BCUT2D eigenvalue weighted by atomic mass is 16.5. The lowest BCUT2D eigenvalue weighted by Crippen LogP contribution is -1.97. The fourth-order valence-electron chi connectivity index (χ4n) is 2.40. The van der Waals surface area contributed by atoms with Gasteiger partial charge in [-0.2, -0.15) is 0 Å². The molecule has 0 atom stereocenters. The molecule has 2 aromatic rings. The summed E-state index contributed by atoms with van der Waals surface area (Å²) in [4.78, 5) is 7.78. The third-order valence-electron chi connectivity index (χ3n) is 3.57. The SMILES string of the molecule is CCCCCCCCCOCc1nc2ccccc2[nH]1. The minimum absolute atomic E-state index is 0.588. The third kappa shape index (κ3) is 4.97. The first-order valence-electron chi connectivity index (χ1n) is 7.91. The number of nitrogens with one attached hydrogen (secondary N) is 1. The number of imidazole rings is 1. The fourth-order valence-corrected chi connectivity index (χ4v) is 2.40. The van der Waals surface area contributed by atoms with Gasteiger partial charge in [-0.15, -0.1) is 0 Å². The maximum atomic E-state index is 5.68. The van der Waals surface area contributed by atoms with Gasteiger partial charge < -0.3 is 9.72 Å². The Morgan fingerprint density at radius 1 is 1.00 bits per heavy atom.